The Labute approximate surface area is 128 Å². The van der Waals surface area contributed by atoms with E-state index in [4.69, 9.17) is 11.6 Å². The molecule has 0 fully saturated rings. The van der Waals surface area contributed by atoms with Crippen molar-refractivity contribution in [2.45, 2.75) is 12.6 Å². The third kappa shape index (κ3) is 4.05. The number of nitrogens with one attached hydrogen (secondary N) is 1. The molecular formula is C12H17ClN4O3S. The highest BCUT2D eigenvalue weighted by molar-refractivity contribution is 7.94. The van der Waals surface area contributed by atoms with Gasteiger partial charge in [0.15, 0.2) is 9.84 Å². The maximum atomic E-state index is 12.1. The summed E-state index contributed by atoms with van der Waals surface area (Å²) in [6.07, 6.45) is 2.97. The minimum atomic E-state index is -3.16. The van der Waals surface area contributed by atoms with Gasteiger partial charge in [-0.15, -0.1) is 0 Å². The van der Waals surface area contributed by atoms with Gasteiger partial charge >= 0.3 is 0 Å². The lowest BCUT2D eigenvalue weighted by atomic mass is 10.3. The van der Waals surface area contributed by atoms with Gasteiger partial charge in [-0.25, -0.2) is 13.1 Å². The molecule has 2 heterocycles. The predicted octanol–water partition coefficient (Wildman–Crippen LogP) is 0.181. The molecule has 0 saturated heterocycles. The SMILES string of the molecule is CN(C)CCn1ncc(NC2C=CS(=O)(=O)C2)c(Cl)c1=O. The van der Waals surface area contributed by atoms with Crippen LogP contribution in [-0.2, 0) is 16.4 Å². The lowest BCUT2D eigenvalue weighted by Crippen LogP contribution is -2.30. The van der Waals surface area contributed by atoms with Gasteiger partial charge in [-0.05, 0) is 14.1 Å². The first-order valence-electron chi connectivity index (χ1n) is 6.36. The zero-order chi connectivity index (χ0) is 15.6. The fraction of sp³-hybridized carbons (Fsp3) is 0.500. The Kier molecular flexibility index (Phi) is 4.70. The zero-order valence-corrected chi connectivity index (χ0v) is 13.4. The zero-order valence-electron chi connectivity index (χ0n) is 11.8. The molecule has 0 aliphatic carbocycles. The average Bonchev–Trinajstić information content (AvgIpc) is 2.73. The smallest absolute Gasteiger partial charge is 0.287 e. The summed E-state index contributed by atoms with van der Waals surface area (Å²) in [5, 5.41) is 8.13. The Bertz CT molecular complexity index is 712. The molecule has 116 valence electrons. The van der Waals surface area contributed by atoms with Gasteiger partial charge < -0.3 is 10.2 Å². The van der Waals surface area contributed by atoms with Crippen molar-refractivity contribution in [2.24, 2.45) is 0 Å². The van der Waals surface area contributed by atoms with Crippen LogP contribution in [0, 0.1) is 0 Å². The van der Waals surface area contributed by atoms with E-state index in [1.165, 1.54) is 17.0 Å². The van der Waals surface area contributed by atoms with Gasteiger partial charge in [-0.3, -0.25) is 4.79 Å². The number of aromatic nitrogens is 2. The second kappa shape index (κ2) is 6.17. The maximum Gasteiger partial charge on any atom is 0.287 e. The normalized spacial score (nSPS) is 20.1. The number of nitrogens with zero attached hydrogens (tertiary/aromatic N) is 3. The number of hydrogen-bond donors (Lipinski definition) is 1. The topological polar surface area (TPSA) is 84.3 Å². The van der Waals surface area contributed by atoms with E-state index in [1.54, 1.807) is 0 Å². The summed E-state index contributed by atoms with van der Waals surface area (Å²) in [6, 6.07) is -0.397. The lowest BCUT2D eigenvalue weighted by molar-refractivity contribution is 0.367. The van der Waals surface area contributed by atoms with E-state index >= 15 is 0 Å². The molecule has 0 bridgehead atoms. The molecule has 1 aromatic rings. The van der Waals surface area contributed by atoms with Crippen LogP contribution in [0.1, 0.15) is 0 Å². The van der Waals surface area contributed by atoms with Crippen molar-refractivity contribution in [1.82, 2.24) is 14.7 Å². The second-order valence-electron chi connectivity index (χ2n) is 5.11. The van der Waals surface area contributed by atoms with Gasteiger partial charge in [0, 0.05) is 12.0 Å². The van der Waals surface area contributed by atoms with Crippen LogP contribution >= 0.6 is 11.6 Å². The average molecular weight is 333 g/mol. The van der Waals surface area contributed by atoms with Crippen LogP contribution in [0.4, 0.5) is 5.69 Å². The summed E-state index contributed by atoms with van der Waals surface area (Å²) in [4.78, 5) is 14.0. The van der Waals surface area contributed by atoms with E-state index in [9.17, 15) is 13.2 Å². The Morgan fingerprint density at radius 1 is 1.52 bits per heavy atom. The van der Waals surface area contributed by atoms with Gasteiger partial charge in [-0.2, -0.15) is 5.10 Å². The molecule has 1 unspecified atom stereocenters. The third-order valence-electron chi connectivity index (χ3n) is 3.01. The Morgan fingerprint density at radius 2 is 2.24 bits per heavy atom. The van der Waals surface area contributed by atoms with Gasteiger partial charge in [0.2, 0.25) is 0 Å². The van der Waals surface area contributed by atoms with E-state index < -0.39 is 21.4 Å². The van der Waals surface area contributed by atoms with Crippen molar-refractivity contribution < 1.29 is 8.42 Å². The van der Waals surface area contributed by atoms with E-state index in [0.29, 0.717) is 18.8 Å². The number of rotatable bonds is 5. The van der Waals surface area contributed by atoms with Crippen LogP contribution in [0.3, 0.4) is 0 Å². The van der Waals surface area contributed by atoms with Crippen LogP contribution in [-0.4, -0.2) is 55.5 Å². The fourth-order valence-corrected chi connectivity index (χ4v) is 3.32. The fourth-order valence-electron chi connectivity index (χ4n) is 1.89. The van der Waals surface area contributed by atoms with Gasteiger partial charge in [-0.1, -0.05) is 17.7 Å². The van der Waals surface area contributed by atoms with Crippen molar-refractivity contribution in [2.75, 3.05) is 31.7 Å². The van der Waals surface area contributed by atoms with Gasteiger partial charge in [0.25, 0.3) is 5.56 Å². The molecule has 1 N–H and O–H groups in total. The van der Waals surface area contributed by atoms with Crippen LogP contribution < -0.4 is 10.9 Å². The second-order valence-corrected chi connectivity index (χ2v) is 7.42. The lowest BCUT2D eigenvalue weighted by Gasteiger charge is -2.14. The van der Waals surface area contributed by atoms with Crippen molar-refractivity contribution in [3.8, 4) is 0 Å². The summed E-state index contributed by atoms with van der Waals surface area (Å²) < 4.78 is 24.0. The first kappa shape index (κ1) is 16.0. The van der Waals surface area contributed by atoms with E-state index in [1.807, 2.05) is 19.0 Å². The van der Waals surface area contributed by atoms with Crippen LogP contribution in [0.25, 0.3) is 0 Å². The maximum absolute atomic E-state index is 12.1. The molecule has 0 saturated carbocycles. The molecule has 1 aliphatic heterocycles. The largest absolute Gasteiger partial charge is 0.375 e. The summed E-state index contributed by atoms with van der Waals surface area (Å²) in [5.41, 5.74) is -0.0529. The van der Waals surface area contributed by atoms with Crippen molar-refractivity contribution in [3.05, 3.63) is 33.1 Å². The molecule has 9 heteroatoms. The highest BCUT2D eigenvalue weighted by Gasteiger charge is 2.22. The van der Waals surface area contributed by atoms with Crippen molar-refractivity contribution >= 4 is 27.1 Å². The molecule has 1 aliphatic rings. The Morgan fingerprint density at radius 3 is 2.81 bits per heavy atom. The van der Waals surface area contributed by atoms with Gasteiger partial charge in [0.05, 0.1) is 30.2 Å². The summed E-state index contributed by atoms with van der Waals surface area (Å²) >= 11 is 6.04. The molecule has 2 rings (SSSR count). The Balaban J connectivity index is 2.14. The number of halogens is 1. The van der Waals surface area contributed by atoms with E-state index in [0.717, 1.165) is 5.41 Å². The molecular weight excluding hydrogens is 316 g/mol. The Hall–Kier alpha value is -1.38. The molecule has 21 heavy (non-hydrogen) atoms. The number of sulfone groups is 1. The minimum Gasteiger partial charge on any atom is -0.375 e. The van der Waals surface area contributed by atoms with Crippen LogP contribution in [0.2, 0.25) is 5.02 Å². The van der Waals surface area contributed by atoms with E-state index in [-0.39, 0.29) is 10.8 Å². The van der Waals surface area contributed by atoms with E-state index in [2.05, 4.69) is 10.4 Å². The number of hydrogen-bond acceptors (Lipinski definition) is 6. The van der Waals surface area contributed by atoms with Crippen molar-refractivity contribution in [1.29, 1.82) is 0 Å². The molecule has 0 amide bonds. The first-order valence-corrected chi connectivity index (χ1v) is 8.46. The molecule has 0 aromatic carbocycles. The number of anilines is 1. The van der Waals surface area contributed by atoms with Crippen LogP contribution in [0.15, 0.2) is 22.5 Å². The first-order chi connectivity index (χ1) is 9.78. The molecule has 1 aromatic heterocycles. The quantitative estimate of drug-likeness (QED) is 0.828. The highest BCUT2D eigenvalue weighted by atomic mass is 35.5. The summed E-state index contributed by atoms with van der Waals surface area (Å²) in [6.45, 7) is 1.10. The highest BCUT2D eigenvalue weighted by Crippen LogP contribution is 2.19. The standard InChI is InChI=1S/C12H17ClN4O3S/c1-16(2)4-5-17-12(18)11(13)10(7-14-17)15-9-3-6-21(19,20)8-9/h3,6-7,9,15H,4-5,8H2,1-2H3. The third-order valence-corrected chi connectivity index (χ3v) is 4.78. The number of likely N-dealkylation sites (N-methyl/N-ethyl adjacent to an activating group) is 1. The van der Waals surface area contributed by atoms with Crippen molar-refractivity contribution in [3.63, 3.8) is 0 Å². The summed E-state index contributed by atoms with van der Waals surface area (Å²) in [5.74, 6) is -0.0486. The monoisotopic (exact) mass is 332 g/mol. The predicted molar refractivity (Wildman–Crippen MR) is 82.4 cm³/mol. The molecule has 0 spiro atoms. The van der Waals surface area contributed by atoms with Gasteiger partial charge in [0.1, 0.15) is 5.02 Å². The minimum absolute atomic E-state index is 0.0152. The summed E-state index contributed by atoms with van der Waals surface area (Å²) in [7, 11) is 0.636. The molecule has 7 nitrogen and oxygen atoms in total. The molecule has 1 atom stereocenters. The van der Waals surface area contributed by atoms with Crippen LogP contribution in [0.5, 0.6) is 0 Å². The molecule has 0 radical (unpaired) electrons.